The van der Waals surface area contributed by atoms with Crippen molar-refractivity contribution in [3.8, 4) is 5.75 Å². The molecule has 0 saturated carbocycles. The van der Waals surface area contributed by atoms with E-state index in [-0.39, 0.29) is 5.82 Å². The normalized spacial score (nSPS) is 13.6. The number of anilines is 1. The number of hydrogen-bond donors (Lipinski definition) is 1. The number of hydrogen-bond acceptors (Lipinski definition) is 2. The predicted octanol–water partition coefficient (Wildman–Crippen LogP) is 4.28. The maximum atomic E-state index is 12.7. The topological polar surface area (TPSA) is 38.3 Å². The van der Waals surface area contributed by atoms with Gasteiger partial charge in [0.15, 0.2) is 0 Å². The Kier molecular flexibility index (Phi) is 3.86. The summed E-state index contributed by atoms with van der Waals surface area (Å²) in [6.07, 6.45) is 0. The molecular formula is C13H12F2NO2P. The van der Waals surface area contributed by atoms with Gasteiger partial charge in [-0.3, -0.25) is 4.57 Å². The largest absolute Gasteiger partial charge is 0.429 e. The molecule has 19 heavy (non-hydrogen) atoms. The van der Waals surface area contributed by atoms with Crippen molar-refractivity contribution in [2.24, 2.45) is 0 Å². The van der Waals surface area contributed by atoms with E-state index >= 15 is 0 Å². The summed E-state index contributed by atoms with van der Waals surface area (Å²) in [6, 6.07) is 10.6. The van der Waals surface area contributed by atoms with Crippen LogP contribution in [0, 0.1) is 11.6 Å². The second-order valence-electron chi connectivity index (χ2n) is 4.01. The van der Waals surface area contributed by atoms with Crippen LogP contribution in [0.1, 0.15) is 0 Å². The lowest BCUT2D eigenvalue weighted by Crippen LogP contribution is -2.02. The third-order valence-electron chi connectivity index (χ3n) is 2.27. The highest BCUT2D eigenvalue weighted by molar-refractivity contribution is 7.60. The van der Waals surface area contributed by atoms with E-state index in [9.17, 15) is 13.3 Å². The first-order valence-corrected chi connectivity index (χ1v) is 7.58. The summed E-state index contributed by atoms with van der Waals surface area (Å²) in [5, 5.41) is 2.68. The Balaban J connectivity index is 2.08. The molecule has 0 aliphatic carbocycles. The predicted molar refractivity (Wildman–Crippen MR) is 70.6 cm³/mol. The van der Waals surface area contributed by atoms with Gasteiger partial charge in [0.05, 0.1) is 0 Å². The number of rotatable bonds is 4. The van der Waals surface area contributed by atoms with Crippen LogP contribution in [0.3, 0.4) is 0 Å². The van der Waals surface area contributed by atoms with Gasteiger partial charge in [-0.2, -0.15) is 0 Å². The van der Waals surface area contributed by atoms with Gasteiger partial charge in [-0.25, -0.2) is 8.78 Å². The summed E-state index contributed by atoms with van der Waals surface area (Å²) >= 11 is 0. The van der Waals surface area contributed by atoms with E-state index in [1.54, 1.807) is 0 Å². The van der Waals surface area contributed by atoms with Gasteiger partial charge in [0.1, 0.15) is 17.4 Å². The van der Waals surface area contributed by atoms with E-state index in [2.05, 4.69) is 5.09 Å². The molecule has 0 aromatic heterocycles. The molecule has 100 valence electrons. The molecule has 0 radical (unpaired) electrons. The standard InChI is InChI=1S/C13H12F2NO2P/c1-19(17,16-12-6-2-10(14)3-7-12)18-13-8-4-11(15)5-9-13/h2-9H,1H3,(H,16,17). The molecule has 0 amide bonds. The number of halogens is 2. The van der Waals surface area contributed by atoms with Crippen LogP contribution < -0.4 is 9.61 Å². The highest BCUT2D eigenvalue weighted by atomic mass is 31.2. The van der Waals surface area contributed by atoms with Gasteiger partial charge >= 0.3 is 7.52 Å². The average molecular weight is 283 g/mol. The molecule has 0 bridgehead atoms. The fourth-order valence-corrected chi connectivity index (χ4v) is 2.67. The van der Waals surface area contributed by atoms with Crippen LogP contribution in [0.4, 0.5) is 14.5 Å². The molecule has 2 aromatic rings. The van der Waals surface area contributed by atoms with E-state index in [1.807, 2.05) is 0 Å². The summed E-state index contributed by atoms with van der Waals surface area (Å²) in [6.45, 7) is 1.39. The third-order valence-corrected chi connectivity index (χ3v) is 3.49. The summed E-state index contributed by atoms with van der Waals surface area (Å²) < 4.78 is 42.9. The van der Waals surface area contributed by atoms with Crippen molar-refractivity contribution >= 4 is 13.2 Å². The molecule has 6 heteroatoms. The van der Waals surface area contributed by atoms with E-state index in [0.717, 1.165) is 0 Å². The smallest absolute Gasteiger partial charge is 0.338 e. The van der Waals surface area contributed by atoms with Gasteiger partial charge < -0.3 is 9.61 Å². The Labute approximate surface area is 109 Å². The average Bonchev–Trinajstić information content (AvgIpc) is 2.34. The minimum Gasteiger partial charge on any atom is -0.429 e. The van der Waals surface area contributed by atoms with Crippen LogP contribution in [0.5, 0.6) is 5.75 Å². The maximum Gasteiger partial charge on any atom is 0.338 e. The minimum absolute atomic E-state index is 0.293. The van der Waals surface area contributed by atoms with Gasteiger partial charge in [-0.05, 0) is 48.5 Å². The third kappa shape index (κ3) is 4.07. The van der Waals surface area contributed by atoms with Gasteiger partial charge in [0.2, 0.25) is 0 Å². The Bertz CT molecular complexity index is 548. The Morgan fingerprint density at radius 2 is 1.42 bits per heavy atom. The fraction of sp³-hybridized carbons (Fsp3) is 0.0769. The summed E-state index contributed by atoms with van der Waals surface area (Å²) in [5.41, 5.74) is 0.481. The van der Waals surface area contributed by atoms with Gasteiger partial charge in [0.25, 0.3) is 0 Å². The van der Waals surface area contributed by atoms with Crippen molar-refractivity contribution in [1.29, 1.82) is 0 Å². The SMILES string of the molecule is CP(=O)(Nc1ccc(F)cc1)Oc1ccc(F)cc1. The van der Waals surface area contributed by atoms with Gasteiger partial charge in [-0.1, -0.05) is 0 Å². The lowest BCUT2D eigenvalue weighted by Gasteiger charge is -2.17. The molecular weight excluding hydrogens is 271 g/mol. The van der Waals surface area contributed by atoms with E-state index in [4.69, 9.17) is 4.52 Å². The maximum absolute atomic E-state index is 12.7. The molecule has 0 aliphatic heterocycles. The van der Waals surface area contributed by atoms with Crippen LogP contribution in [0.25, 0.3) is 0 Å². The molecule has 3 nitrogen and oxygen atoms in total. The molecule has 2 aromatic carbocycles. The summed E-state index contributed by atoms with van der Waals surface area (Å²) in [7, 11) is -3.16. The molecule has 0 saturated heterocycles. The zero-order valence-electron chi connectivity index (χ0n) is 10.1. The van der Waals surface area contributed by atoms with Gasteiger partial charge in [0, 0.05) is 12.4 Å². The van der Waals surface area contributed by atoms with E-state index in [0.29, 0.717) is 11.4 Å². The number of benzene rings is 2. The van der Waals surface area contributed by atoms with E-state index in [1.165, 1.54) is 55.2 Å². The van der Waals surface area contributed by atoms with Crippen molar-refractivity contribution in [2.45, 2.75) is 0 Å². The lowest BCUT2D eigenvalue weighted by molar-refractivity contribution is 0.492. The first kappa shape index (κ1) is 13.6. The zero-order chi connectivity index (χ0) is 13.9. The van der Waals surface area contributed by atoms with Crippen LogP contribution in [-0.4, -0.2) is 6.66 Å². The van der Waals surface area contributed by atoms with Crippen molar-refractivity contribution in [3.63, 3.8) is 0 Å². The monoisotopic (exact) mass is 283 g/mol. The Morgan fingerprint density at radius 3 is 1.95 bits per heavy atom. The lowest BCUT2D eigenvalue weighted by atomic mass is 10.3. The summed E-state index contributed by atoms with van der Waals surface area (Å²) in [5.74, 6) is -0.484. The quantitative estimate of drug-likeness (QED) is 0.851. The van der Waals surface area contributed by atoms with Crippen molar-refractivity contribution in [3.05, 3.63) is 60.2 Å². The Morgan fingerprint density at radius 1 is 0.947 bits per heavy atom. The first-order chi connectivity index (χ1) is 8.94. The Hall–Kier alpha value is -1.87. The molecule has 0 fully saturated rings. The zero-order valence-corrected chi connectivity index (χ0v) is 11.0. The molecule has 1 N–H and O–H groups in total. The second kappa shape index (κ2) is 5.41. The minimum atomic E-state index is -3.16. The molecule has 0 spiro atoms. The van der Waals surface area contributed by atoms with Gasteiger partial charge in [-0.15, -0.1) is 0 Å². The molecule has 1 unspecified atom stereocenters. The van der Waals surface area contributed by atoms with Crippen molar-refractivity contribution in [1.82, 2.24) is 0 Å². The van der Waals surface area contributed by atoms with Crippen LogP contribution >= 0.6 is 7.52 Å². The molecule has 0 aliphatic rings. The fourth-order valence-electron chi connectivity index (χ4n) is 1.48. The number of nitrogens with one attached hydrogen (secondary N) is 1. The van der Waals surface area contributed by atoms with Crippen LogP contribution in [-0.2, 0) is 4.57 Å². The van der Waals surface area contributed by atoms with E-state index < -0.39 is 13.3 Å². The van der Waals surface area contributed by atoms with Crippen LogP contribution in [0.2, 0.25) is 0 Å². The molecule has 0 heterocycles. The second-order valence-corrected chi connectivity index (χ2v) is 6.11. The van der Waals surface area contributed by atoms with Crippen LogP contribution in [0.15, 0.2) is 48.5 Å². The molecule has 2 rings (SSSR count). The van der Waals surface area contributed by atoms with Crippen molar-refractivity contribution in [2.75, 3.05) is 11.8 Å². The summed E-state index contributed by atoms with van der Waals surface area (Å²) in [4.78, 5) is 0. The molecule has 1 atom stereocenters. The first-order valence-electron chi connectivity index (χ1n) is 5.51. The highest BCUT2D eigenvalue weighted by Gasteiger charge is 2.17. The van der Waals surface area contributed by atoms with Crippen molar-refractivity contribution < 1.29 is 17.9 Å². The highest BCUT2D eigenvalue weighted by Crippen LogP contribution is 2.43.